The highest BCUT2D eigenvalue weighted by Crippen LogP contribution is 2.36. The van der Waals surface area contributed by atoms with E-state index in [1.54, 1.807) is 38.1 Å². The predicted molar refractivity (Wildman–Crippen MR) is 164 cm³/mol. The van der Waals surface area contributed by atoms with Crippen molar-refractivity contribution in [2.24, 2.45) is 4.99 Å². The quantitative estimate of drug-likeness (QED) is 0.151. The summed E-state index contributed by atoms with van der Waals surface area (Å²) in [6.45, 7) is 1.89. The van der Waals surface area contributed by atoms with Gasteiger partial charge in [-0.25, -0.2) is 19.9 Å². The Labute approximate surface area is 272 Å². The van der Waals surface area contributed by atoms with E-state index < -0.39 is 37.1 Å². The first-order valence-corrected chi connectivity index (χ1v) is 14.9. The first-order valence-electron chi connectivity index (χ1n) is 13.9. The minimum Gasteiger partial charge on any atom is -0.482 e. The summed E-state index contributed by atoms with van der Waals surface area (Å²) < 4.78 is 85.9. The van der Waals surface area contributed by atoms with Crippen LogP contribution in [0.5, 0.6) is 11.5 Å². The highest BCUT2D eigenvalue weighted by Gasteiger charge is 2.34. The predicted octanol–water partition coefficient (Wildman–Crippen LogP) is 6.49. The Morgan fingerprint density at radius 3 is 2.42 bits per heavy atom. The maximum absolute atomic E-state index is 12.8. The number of carbonyl (C=O) groups excluding carboxylic acids is 2. The van der Waals surface area contributed by atoms with Crippen LogP contribution in [0.25, 0.3) is 17.1 Å². The number of amides is 3. The Bertz CT molecular complexity index is 1810. The molecule has 3 amide bonds. The van der Waals surface area contributed by atoms with Crippen LogP contribution < -0.4 is 25.2 Å². The molecule has 4 aromatic rings. The van der Waals surface area contributed by atoms with Crippen molar-refractivity contribution in [2.75, 3.05) is 17.3 Å². The largest absolute Gasteiger partial charge is 0.573 e. The Balaban J connectivity index is 1.20. The van der Waals surface area contributed by atoms with E-state index in [1.807, 2.05) is 0 Å². The van der Waals surface area contributed by atoms with Crippen molar-refractivity contribution in [3.63, 3.8) is 0 Å². The number of aromatic nitrogens is 3. The number of amidine groups is 1. The minimum atomic E-state index is -4.80. The molecule has 2 N–H and O–H groups in total. The van der Waals surface area contributed by atoms with Gasteiger partial charge in [0, 0.05) is 11.6 Å². The third-order valence-corrected chi connectivity index (χ3v) is 7.52. The number of urea groups is 1. The average Bonchev–Trinajstić information content (AvgIpc) is 3.65. The average molecular weight is 694 g/mol. The number of carbonyl (C=O) groups is 2. The maximum Gasteiger partial charge on any atom is 0.573 e. The van der Waals surface area contributed by atoms with Crippen molar-refractivity contribution in [1.82, 2.24) is 25.6 Å². The topological polar surface area (TPSA) is 123 Å². The molecule has 0 saturated carbocycles. The molecule has 0 bridgehead atoms. The molecule has 1 atom stereocenters. The van der Waals surface area contributed by atoms with Crippen LogP contribution in [0.3, 0.4) is 0 Å². The number of alkyl halides is 6. The Hall–Kier alpha value is -5.10. The van der Waals surface area contributed by atoms with Gasteiger partial charge in [0.25, 0.3) is 0 Å². The van der Waals surface area contributed by atoms with Crippen LogP contribution in [0.4, 0.5) is 36.8 Å². The molecule has 48 heavy (non-hydrogen) atoms. The fraction of sp³-hybridized carbons (Fsp3) is 0.233. The first-order chi connectivity index (χ1) is 22.6. The van der Waals surface area contributed by atoms with Gasteiger partial charge in [0.15, 0.2) is 17.6 Å². The highest BCUT2D eigenvalue weighted by molar-refractivity contribution is 8.15. The number of hydrogen-bond donors (Lipinski definition) is 2. The third kappa shape index (κ3) is 8.82. The van der Waals surface area contributed by atoms with E-state index in [1.165, 1.54) is 41.3 Å². The SMILES string of the molecule is Cc1ccc(OCC(F)(F)F)c(N2C(=O)CSC2=NC(=O)NNC(C)c2ccc(-c3ncn(-c4ccc(OC(F)(F)F)cc4)n3)cc2)c1. The third-order valence-electron chi connectivity index (χ3n) is 6.60. The second-order valence-electron chi connectivity index (χ2n) is 10.3. The number of aryl methyl sites for hydroxylation is 1. The van der Waals surface area contributed by atoms with Crippen molar-refractivity contribution in [1.29, 1.82) is 0 Å². The fourth-order valence-electron chi connectivity index (χ4n) is 4.37. The molecule has 0 aliphatic carbocycles. The lowest BCUT2D eigenvalue weighted by Crippen LogP contribution is -2.39. The van der Waals surface area contributed by atoms with E-state index in [4.69, 9.17) is 4.74 Å². The van der Waals surface area contributed by atoms with E-state index in [2.05, 4.69) is 30.7 Å². The number of rotatable bonds is 9. The summed E-state index contributed by atoms with van der Waals surface area (Å²) in [5.74, 6) is -0.755. The van der Waals surface area contributed by atoms with E-state index in [9.17, 15) is 35.9 Å². The Kier molecular flexibility index (Phi) is 9.95. The summed E-state index contributed by atoms with van der Waals surface area (Å²) in [6, 6.07) is 15.2. The molecule has 11 nitrogen and oxygen atoms in total. The van der Waals surface area contributed by atoms with Crippen molar-refractivity contribution in [2.45, 2.75) is 32.4 Å². The van der Waals surface area contributed by atoms with Gasteiger partial charge in [-0.05, 0) is 61.4 Å². The zero-order valence-corrected chi connectivity index (χ0v) is 25.8. The molecular formula is C30H25F6N7O4S. The number of hydrazine groups is 1. The zero-order valence-electron chi connectivity index (χ0n) is 25.0. The summed E-state index contributed by atoms with van der Waals surface area (Å²) in [5.41, 5.74) is 7.81. The van der Waals surface area contributed by atoms with Gasteiger partial charge >= 0.3 is 18.6 Å². The number of nitrogens with one attached hydrogen (secondary N) is 2. The van der Waals surface area contributed by atoms with E-state index >= 15 is 0 Å². The van der Waals surface area contributed by atoms with Gasteiger partial charge < -0.3 is 9.47 Å². The van der Waals surface area contributed by atoms with Gasteiger partial charge in [0.1, 0.15) is 17.8 Å². The summed E-state index contributed by atoms with van der Waals surface area (Å²) >= 11 is 0.953. The van der Waals surface area contributed by atoms with E-state index in [0.29, 0.717) is 22.6 Å². The molecular weight excluding hydrogens is 668 g/mol. The Morgan fingerprint density at radius 1 is 1.04 bits per heavy atom. The molecule has 5 rings (SSSR count). The molecule has 1 saturated heterocycles. The number of halogens is 6. The van der Waals surface area contributed by atoms with Crippen LogP contribution in [-0.4, -0.2) is 56.8 Å². The highest BCUT2D eigenvalue weighted by atomic mass is 32.2. The monoisotopic (exact) mass is 693 g/mol. The summed E-state index contributed by atoms with van der Waals surface area (Å²) in [4.78, 5) is 34.6. The van der Waals surface area contributed by atoms with Gasteiger partial charge in [0.05, 0.1) is 17.1 Å². The summed E-state index contributed by atoms with van der Waals surface area (Å²) in [5, 5.41) is 4.34. The molecule has 2 heterocycles. The lowest BCUT2D eigenvalue weighted by atomic mass is 10.1. The van der Waals surface area contributed by atoms with Gasteiger partial charge in [-0.2, -0.15) is 18.2 Å². The smallest absolute Gasteiger partial charge is 0.482 e. The second-order valence-corrected chi connectivity index (χ2v) is 11.2. The molecule has 1 fully saturated rings. The molecule has 252 valence electrons. The number of ether oxygens (including phenoxy) is 2. The van der Waals surface area contributed by atoms with Crippen molar-refractivity contribution in [3.05, 3.63) is 84.2 Å². The lowest BCUT2D eigenvalue weighted by Gasteiger charge is -2.21. The number of nitrogens with zero attached hydrogens (tertiary/aromatic N) is 5. The number of hydrogen-bond acceptors (Lipinski definition) is 8. The number of aliphatic imine (C=N–C) groups is 1. The zero-order chi connectivity index (χ0) is 34.6. The minimum absolute atomic E-state index is 0.0312. The molecule has 1 aliphatic heterocycles. The van der Waals surface area contributed by atoms with Gasteiger partial charge in [0.2, 0.25) is 5.91 Å². The molecule has 0 radical (unpaired) electrons. The summed E-state index contributed by atoms with van der Waals surface area (Å²) in [7, 11) is 0. The lowest BCUT2D eigenvalue weighted by molar-refractivity contribution is -0.274. The molecule has 0 spiro atoms. The molecule has 3 aromatic carbocycles. The van der Waals surface area contributed by atoms with Gasteiger partial charge in [-0.3, -0.25) is 15.1 Å². The Morgan fingerprint density at radius 2 is 1.75 bits per heavy atom. The first kappa shape index (κ1) is 34.2. The van der Waals surface area contributed by atoms with Crippen LogP contribution in [0, 0.1) is 6.92 Å². The molecule has 1 unspecified atom stereocenters. The molecule has 18 heteroatoms. The van der Waals surface area contributed by atoms with Gasteiger partial charge in [-0.1, -0.05) is 42.1 Å². The van der Waals surface area contributed by atoms with Crippen LogP contribution >= 0.6 is 11.8 Å². The second kappa shape index (κ2) is 13.9. The number of benzene rings is 3. The van der Waals surface area contributed by atoms with Crippen LogP contribution in [0.1, 0.15) is 24.1 Å². The van der Waals surface area contributed by atoms with Crippen LogP contribution in [0.2, 0.25) is 0 Å². The van der Waals surface area contributed by atoms with Crippen molar-refractivity contribution in [3.8, 4) is 28.6 Å². The van der Waals surface area contributed by atoms with E-state index in [0.717, 1.165) is 34.4 Å². The van der Waals surface area contributed by atoms with E-state index in [-0.39, 0.29) is 28.1 Å². The normalized spacial score (nSPS) is 15.1. The van der Waals surface area contributed by atoms with Gasteiger partial charge in [-0.15, -0.1) is 18.3 Å². The standard InChI is InChI=1S/C30H25F6N7O4S/c1-17-3-12-24(46-15-29(31,32)33)23(13-17)43-25(44)14-48-28(43)38-27(45)40-39-18(2)19-4-6-20(7-5-19)26-37-16-42(41-26)21-8-10-22(11-9-21)47-30(34,35)36/h3-13,16,18,39H,14-15H2,1-2H3,(H,40,45). The summed E-state index contributed by atoms with van der Waals surface area (Å²) in [6.07, 6.45) is -7.98. The fourth-order valence-corrected chi connectivity index (χ4v) is 5.23. The number of thioether (sulfide) groups is 1. The number of anilines is 1. The maximum atomic E-state index is 12.8. The van der Waals surface area contributed by atoms with Crippen molar-refractivity contribution < 1.29 is 45.4 Å². The molecule has 1 aliphatic rings. The van der Waals surface area contributed by atoms with Crippen LogP contribution in [0.15, 0.2) is 78.0 Å². The molecule has 1 aromatic heterocycles. The van der Waals surface area contributed by atoms with Crippen LogP contribution in [-0.2, 0) is 4.79 Å². The van der Waals surface area contributed by atoms with Crippen molar-refractivity contribution >= 4 is 34.6 Å².